The van der Waals surface area contributed by atoms with Crippen LogP contribution in [0.25, 0.3) is 5.57 Å². The highest BCUT2D eigenvalue weighted by molar-refractivity contribution is 6.31. The van der Waals surface area contributed by atoms with E-state index in [9.17, 15) is 9.18 Å². The van der Waals surface area contributed by atoms with E-state index < -0.39 is 0 Å². The van der Waals surface area contributed by atoms with Gasteiger partial charge in [0.2, 0.25) is 0 Å². The van der Waals surface area contributed by atoms with Crippen LogP contribution in [0.3, 0.4) is 0 Å². The maximum absolute atomic E-state index is 13.3. The number of halogens is 1. The molecule has 1 aromatic rings. The van der Waals surface area contributed by atoms with E-state index >= 15 is 0 Å². The van der Waals surface area contributed by atoms with Gasteiger partial charge in [0.1, 0.15) is 5.82 Å². The van der Waals surface area contributed by atoms with Crippen molar-refractivity contribution in [3.63, 3.8) is 0 Å². The summed E-state index contributed by atoms with van der Waals surface area (Å²) in [5, 5.41) is 2.76. The molecule has 18 heavy (non-hydrogen) atoms. The molecule has 0 bridgehead atoms. The highest BCUT2D eigenvalue weighted by Gasteiger charge is 2.25. The third-order valence-electron chi connectivity index (χ3n) is 3.47. The molecule has 0 spiro atoms. The number of rotatable bonds is 1. The molecule has 4 heteroatoms. The van der Waals surface area contributed by atoms with Crippen molar-refractivity contribution < 1.29 is 9.18 Å². The van der Waals surface area contributed by atoms with Crippen LogP contribution >= 0.6 is 0 Å². The monoisotopic (exact) mass is 246 g/mol. The van der Waals surface area contributed by atoms with Gasteiger partial charge in [0.15, 0.2) is 0 Å². The van der Waals surface area contributed by atoms with Gasteiger partial charge < -0.3 is 10.2 Å². The average molecular weight is 246 g/mol. The zero-order valence-corrected chi connectivity index (χ0v) is 10.1. The maximum Gasteiger partial charge on any atom is 0.257 e. The number of carbonyl (C=O) groups is 1. The number of carbonyl (C=O) groups excluding carboxylic acids is 1. The number of anilines is 1. The molecule has 94 valence electrons. The molecular weight excluding hydrogens is 231 g/mol. The molecule has 0 aliphatic carbocycles. The Hall–Kier alpha value is -1.84. The van der Waals surface area contributed by atoms with Crippen LogP contribution in [0.5, 0.6) is 0 Å². The van der Waals surface area contributed by atoms with Gasteiger partial charge in [-0.05, 0) is 37.5 Å². The Morgan fingerprint density at radius 1 is 1.22 bits per heavy atom. The van der Waals surface area contributed by atoms with Crippen LogP contribution < -0.4 is 5.32 Å². The number of fused-ring (bicyclic) bond motifs is 1. The van der Waals surface area contributed by atoms with E-state index in [1.807, 2.05) is 6.20 Å². The summed E-state index contributed by atoms with van der Waals surface area (Å²) >= 11 is 0. The summed E-state index contributed by atoms with van der Waals surface area (Å²) in [5.74, 6) is -0.448. The average Bonchev–Trinajstić information content (AvgIpc) is 2.67. The van der Waals surface area contributed by atoms with E-state index in [4.69, 9.17) is 0 Å². The molecule has 2 aliphatic rings. The number of piperidine rings is 1. The van der Waals surface area contributed by atoms with Gasteiger partial charge in [-0.2, -0.15) is 0 Å². The van der Waals surface area contributed by atoms with E-state index in [2.05, 4.69) is 10.2 Å². The van der Waals surface area contributed by atoms with E-state index in [0.29, 0.717) is 16.8 Å². The number of nitrogens with zero attached hydrogens (tertiary/aromatic N) is 1. The Morgan fingerprint density at radius 3 is 2.78 bits per heavy atom. The molecule has 1 N–H and O–H groups in total. The first-order chi connectivity index (χ1) is 8.74. The van der Waals surface area contributed by atoms with Gasteiger partial charge >= 0.3 is 0 Å². The van der Waals surface area contributed by atoms with Crippen LogP contribution in [0.1, 0.15) is 24.8 Å². The van der Waals surface area contributed by atoms with E-state index in [-0.39, 0.29) is 11.7 Å². The minimum absolute atomic E-state index is 0.138. The molecule has 3 nitrogen and oxygen atoms in total. The molecule has 0 unspecified atom stereocenters. The van der Waals surface area contributed by atoms with E-state index in [0.717, 1.165) is 25.9 Å². The number of nitrogens with one attached hydrogen (secondary N) is 1. The Balaban J connectivity index is 1.95. The normalized spacial score (nSPS) is 21.1. The Kier molecular flexibility index (Phi) is 2.78. The second-order valence-corrected chi connectivity index (χ2v) is 4.78. The lowest BCUT2D eigenvalue weighted by Gasteiger charge is -2.25. The number of hydrogen-bond acceptors (Lipinski definition) is 2. The largest absolute Gasteiger partial charge is 0.377 e. The summed E-state index contributed by atoms with van der Waals surface area (Å²) < 4.78 is 13.3. The highest BCUT2D eigenvalue weighted by Crippen LogP contribution is 2.32. The van der Waals surface area contributed by atoms with Crippen LogP contribution in [-0.4, -0.2) is 23.9 Å². The standard InChI is InChI=1S/C14H15FN2O/c15-10-4-5-13-11(8-10)12(14(18)16-13)9-17-6-2-1-3-7-17/h4-5,8-9H,1-3,6-7H2,(H,16,18)/b12-9+. The summed E-state index contributed by atoms with van der Waals surface area (Å²) in [5.41, 5.74) is 1.95. The van der Waals surface area contributed by atoms with Crippen molar-refractivity contribution in [2.75, 3.05) is 18.4 Å². The van der Waals surface area contributed by atoms with Crippen molar-refractivity contribution in [3.8, 4) is 0 Å². The van der Waals surface area contributed by atoms with Crippen molar-refractivity contribution in [2.45, 2.75) is 19.3 Å². The van der Waals surface area contributed by atoms with Crippen LogP contribution in [0.15, 0.2) is 24.4 Å². The number of hydrogen-bond donors (Lipinski definition) is 1. The highest BCUT2D eigenvalue weighted by atomic mass is 19.1. The summed E-state index contributed by atoms with van der Waals surface area (Å²) in [6.07, 6.45) is 5.43. The fourth-order valence-corrected chi connectivity index (χ4v) is 2.52. The molecule has 0 atom stereocenters. The molecule has 3 rings (SSSR count). The number of amides is 1. The van der Waals surface area contributed by atoms with Crippen molar-refractivity contribution in [3.05, 3.63) is 35.8 Å². The summed E-state index contributed by atoms with van der Waals surface area (Å²) in [6.45, 7) is 1.95. The second kappa shape index (κ2) is 4.44. The second-order valence-electron chi connectivity index (χ2n) is 4.78. The van der Waals surface area contributed by atoms with Crippen molar-refractivity contribution in [1.29, 1.82) is 0 Å². The lowest BCUT2D eigenvalue weighted by Crippen LogP contribution is -2.25. The predicted octanol–water partition coefficient (Wildman–Crippen LogP) is 2.60. The Labute approximate surface area is 105 Å². The molecule has 0 radical (unpaired) electrons. The summed E-state index contributed by atoms with van der Waals surface area (Å²) in [6, 6.07) is 4.39. The SMILES string of the molecule is O=C1Nc2ccc(F)cc2/C1=C\N1CCCCC1. The van der Waals surface area contributed by atoms with Crippen molar-refractivity contribution in [2.24, 2.45) is 0 Å². The van der Waals surface area contributed by atoms with Gasteiger partial charge in [-0.15, -0.1) is 0 Å². The van der Waals surface area contributed by atoms with Gasteiger partial charge in [0.25, 0.3) is 5.91 Å². The third kappa shape index (κ3) is 1.98. The fraction of sp³-hybridized carbons (Fsp3) is 0.357. The van der Waals surface area contributed by atoms with E-state index in [1.54, 1.807) is 6.07 Å². The van der Waals surface area contributed by atoms with Crippen LogP contribution in [-0.2, 0) is 4.79 Å². The van der Waals surface area contributed by atoms with E-state index in [1.165, 1.54) is 18.6 Å². The van der Waals surface area contributed by atoms with Crippen LogP contribution in [0, 0.1) is 5.82 Å². The first kappa shape index (κ1) is 11.3. The molecule has 1 aromatic carbocycles. The van der Waals surface area contributed by atoms with Crippen LogP contribution in [0.4, 0.5) is 10.1 Å². The molecule has 1 fully saturated rings. The molecule has 1 saturated heterocycles. The van der Waals surface area contributed by atoms with Gasteiger partial charge in [-0.3, -0.25) is 4.79 Å². The fourth-order valence-electron chi connectivity index (χ4n) is 2.52. The molecule has 2 aliphatic heterocycles. The minimum Gasteiger partial charge on any atom is -0.377 e. The van der Waals surface area contributed by atoms with Crippen molar-refractivity contribution >= 4 is 17.2 Å². The van der Waals surface area contributed by atoms with Gasteiger partial charge in [-0.25, -0.2) is 4.39 Å². The molecule has 0 saturated carbocycles. The smallest absolute Gasteiger partial charge is 0.257 e. The van der Waals surface area contributed by atoms with Gasteiger partial charge in [-0.1, -0.05) is 0 Å². The minimum atomic E-state index is -0.310. The van der Waals surface area contributed by atoms with Gasteiger partial charge in [0.05, 0.1) is 5.57 Å². The Morgan fingerprint density at radius 2 is 2.00 bits per heavy atom. The zero-order valence-electron chi connectivity index (χ0n) is 10.1. The Bertz CT molecular complexity index is 519. The summed E-state index contributed by atoms with van der Waals surface area (Å²) in [7, 11) is 0. The zero-order chi connectivity index (χ0) is 12.5. The molecule has 0 aromatic heterocycles. The molecular formula is C14H15FN2O. The molecule has 1 amide bonds. The lowest BCUT2D eigenvalue weighted by atomic mass is 10.1. The lowest BCUT2D eigenvalue weighted by molar-refractivity contribution is -0.110. The first-order valence-corrected chi connectivity index (χ1v) is 6.31. The third-order valence-corrected chi connectivity index (χ3v) is 3.47. The topological polar surface area (TPSA) is 32.3 Å². The predicted molar refractivity (Wildman–Crippen MR) is 68.4 cm³/mol. The first-order valence-electron chi connectivity index (χ1n) is 6.31. The summed E-state index contributed by atoms with van der Waals surface area (Å²) in [4.78, 5) is 14.0. The molecule has 2 heterocycles. The van der Waals surface area contributed by atoms with Crippen molar-refractivity contribution in [1.82, 2.24) is 4.90 Å². The number of benzene rings is 1. The van der Waals surface area contributed by atoms with Gasteiger partial charge in [0, 0.05) is 30.5 Å². The number of likely N-dealkylation sites (tertiary alicyclic amines) is 1. The maximum atomic E-state index is 13.3. The quantitative estimate of drug-likeness (QED) is 0.772. The van der Waals surface area contributed by atoms with Crippen LogP contribution in [0.2, 0.25) is 0 Å².